The fraction of sp³-hybridized carbons (Fsp3) is 0.304. The minimum absolute atomic E-state index is 0.0157. The maximum Gasteiger partial charge on any atom is 0.417 e. The van der Waals surface area contributed by atoms with Crippen LogP contribution in [-0.2, 0) is 11.0 Å². The number of allylic oxidation sites excluding steroid dienone is 1. The van der Waals surface area contributed by atoms with Crippen LogP contribution in [-0.4, -0.2) is 36.8 Å². The van der Waals surface area contributed by atoms with E-state index in [1.165, 1.54) is 5.32 Å². The first kappa shape index (κ1) is 32.2. The zero-order chi connectivity index (χ0) is 29.9. The van der Waals surface area contributed by atoms with Crippen LogP contribution in [0.2, 0.25) is 10.0 Å². The van der Waals surface area contributed by atoms with Gasteiger partial charge < -0.3 is 10.6 Å². The van der Waals surface area contributed by atoms with Crippen molar-refractivity contribution in [3.63, 3.8) is 0 Å². The molecule has 0 aliphatic heterocycles. The van der Waals surface area contributed by atoms with Crippen molar-refractivity contribution >= 4 is 40.8 Å². The Labute approximate surface area is 223 Å². The molecule has 0 aliphatic carbocycles. The Kier molecular flexibility index (Phi) is 9.93. The number of amides is 2. The van der Waals surface area contributed by atoms with Gasteiger partial charge >= 0.3 is 18.5 Å². The molecule has 0 saturated carbocycles. The first-order chi connectivity index (χ1) is 17.7. The average Bonchev–Trinajstić information content (AvgIpc) is 2.80. The van der Waals surface area contributed by atoms with Gasteiger partial charge in [0.25, 0.3) is 5.91 Å². The van der Waals surface area contributed by atoms with E-state index in [1.807, 2.05) is 0 Å². The van der Waals surface area contributed by atoms with E-state index in [2.05, 4.69) is 0 Å². The molecule has 214 valence electrons. The molecular weight excluding hydrogens is 597 g/mol. The predicted octanol–water partition coefficient (Wildman–Crippen LogP) is 7.47. The topological polar surface area (TPSA) is 58.2 Å². The second-order valence-electron chi connectivity index (χ2n) is 7.99. The van der Waals surface area contributed by atoms with Crippen LogP contribution in [0.25, 0.3) is 5.83 Å². The molecule has 0 heterocycles. The Morgan fingerprint density at radius 1 is 0.923 bits per heavy atom. The summed E-state index contributed by atoms with van der Waals surface area (Å²) in [6.45, 7) is -0.866. The van der Waals surface area contributed by atoms with Crippen molar-refractivity contribution in [3.05, 3.63) is 74.8 Å². The zero-order valence-electron chi connectivity index (χ0n) is 19.3. The molecule has 2 aromatic carbocycles. The van der Waals surface area contributed by atoms with Gasteiger partial charge in [-0.3, -0.25) is 9.59 Å². The molecule has 0 aliphatic rings. The van der Waals surface area contributed by atoms with Gasteiger partial charge in [0.05, 0.1) is 21.2 Å². The molecule has 0 saturated heterocycles. The molecule has 2 amide bonds. The molecule has 0 fully saturated rings. The quantitative estimate of drug-likeness (QED) is 0.319. The van der Waals surface area contributed by atoms with E-state index in [4.69, 9.17) is 23.2 Å². The molecule has 39 heavy (non-hydrogen) atoms. The van der Waals surface area contributed by atoms with Crippen LogP contribution in [0, 0.1) is 0 Å². The van der Waals surface area contributed by atoms with Gasteiger partial charge in [0.2, 0.25) is 5.91 Å². The Balaban J connectivity index is 2.42. The van der Waals surface area contributed by atoms with Gasteiger partial charge in [-0.25, -0.2) is 4.39 Å². The van der Waals surface area contributed by atoms with Crippen molar-refractivity contribution in [3.8, 4) is 0 Å². The standard InChI is InChI=1S/C23H16Cl2F10N2O2/c1-10(19(38)36-9-21(27,28)29)37-20(39)13-4-2-12(6-15(13)23(33,34)35)18(26)8-14(22(30,31)32)11-3-5-16(24)17(25)7-11/h2-8,10,14H,9H2,1H3,(H,36,38)(H,37,39)/b18-8-. The van der Waals surface area contributed by atoms with Crippen molar-refractivity contribution in [2.24, 2.45) is 0 Å². The minimum Gasteiger partial charge on any atom is -0.345 e. The largest absolute Gasteiger partial charge is 0.417 e. The van der Waals surface area contributed by atoms with E-state index in [9.17, 15) is 53.5 Å². The summed E-state index contributed by atoms with van der Waals surface area (Å²) >= 11 is 11.4. The number of hydrogen-bond donors (Lipinski definition) is 2. The van der Waals surface area contributed by atoms with Gasteiger partial charge in [-0.05, 0) is 42.8 Å². The zero-order valence-corrected chi connectivity index (χ0v) is 20.8. The van der Waals surface area contributed by atoms with Crippen molar-refractivity contribution in [2.75, 3.05) is 6.54 Å². The number of halogens is 12. The molecule has 2 unspecified atom stereocenters. The third-order valence-electron chi connectivity index (χ3n) is 5.02. The van der Waals surface area contributed by atoms with E-state index in [0.717, 1.165) is 25.1 Å². The van der Waals surface area contributed by atoms with Crippen molar-refractivity contribution in [2.45, 2.75) is 37.4 Å². The van der Waals surface area contributed by atoms with Gasteiger partial charge in [-0.1, -0.05) is 35.3 Å². The smallest absolute Gasteiger partial charge is 0.345 e. The molecule has 0 radical (unpaired) electrons. The van der Waals surface area contributed by atoms with Crippen LogP contribution in [0.1, 0.15) is 39.9 Å². The Morgan fingerprint density at radius 3 is 2.05 bits per heavy atom. The number of hydrogen-bond acceptors (Lipinski definition) is 2. The fourth-order valence-corrected chi connectivity index (χ4v) is 3.44. The van der Waals surface area contributed by atoms with E-state index >= 15 is 0 Å². The maximum absolute atomic E-state index is 14.9. The van der Waals surface area contributed by atoms with E-state index < -0.39 is 76.9 Å². The molecule has 4 nitrogen and oxygen atoms in total. The van der Waals surface area contributed by atoms with E-state index in [1.54, 1.807) is 5.32 Å². The summed E-state index contributed by atoms with van der Waals surface area (Å²) in [4.78, 5) is 24.1. The molecule has 16 heteroatoms. The maximum atomic E-state index is 14.9. The number of carbonyl (C=O) groups is 2. The first-order valence-corrected chi connectivity index (χ1v) is 11.2. The normalized spacial score (nSPS) is 14.5. The molecule has 0 bridgehead atoms. The summed E-state index contributed by atoms with van der Waals surface area (Å²) in [6, 6.07) is 2.13. The number of carbonyl (C=O) groups excluding carboxylic acids is 2. The molecule has 2 N–H and O–H groups in total. The minimum atomic E-state index is -5.32. The van der Waals surface area contributed by atoms with Gasteiger partial charge in [-0.2, -0.15) is 39.5 Å². The second-order valence-corrected chi connectivity index (χ2v) is 8.81. The highest BCUT2D eigenvalue weighted by Gasteiger charge is 2.41. The van der Waals surface area contributed by atoms with Crippen LogP contribution in [0.4, 0.5) is 43.9 Å². The van der Waals surface area contributed by atoms with E-state index in [-0.39, 0.29) is 22.2 Å². The summed E-state index contributed by atoms with van der Waals surface area (Å²) in [5.74, 6) is -7.28. The van der Waals surface area contributed by atoms with Crippen LogP contribution < -0.4 is 10.6 Å². The summed E-state index contributed by atoms with van der Waals surface area (Å²) in [7, 11) is 0. The highest BCUT2D eigenvalue weighted by molar-refractivity contribution is 6.42. The van der Waals surface area contributed by atoms with Crippen LogP contribution in [0.3, 0.4) is 0 Å². The lowest BCUT2D eigenvalue weighted by Gasteiger charge is -2.19. The lowest BCUT2D eigenvalue weighted by atomic mass is 9.95. The summed E-state index contributed by atoms with van der Waals surface area (Å²) in [5, 5.41) is 2.83. The van der Waals surface area contributed by atoms with Crippen LogP contribution in [0.15, 0.2) is 42.5 Å². The number of rotatable bonds is 7. The predicted molar refractivity (Wildman–Crippen MR) is 122 cm³/mol. The molecule has 2 atom stereocenters. The van der Waals surface area contributed by atoms with Crippen LogP contribution >= 0.6 is 23.2 Å². The Morgan fingerprint density at radius 2 is 1.54 bits per heavy atom. The number of alkyl halides is 9. The van der Waals surface area contributed by atoms with Crippen molar-refractivity contribution < 1.29 is 53.5 Å². The molecular formula is C23H16Cl2F10N2O2. The summed E-state index contributed by atoms with van der Waals surface area (Å²) < 4.78 is 133. The lowest BCUT2D eigenvalue weighted by Crippen LogP contribution is -2.47. The fourth-order valence-electron chi connectivity index (χ4n) is 3.13. The highest BCUT2D eigenvalue weighted by Crippen LogP contribution is 2.41. The molecule has 0 aromatic heterocycles. The van der Waals surface area contributed by atoms with Crippen molar-refractivity contribution in [1.29, 1.82) is 0 Å². The van der Waals surface area contributed by atoms with Gasteiger partial charge in [0.1, 0.15) is 24.3 Å². The summed E-state index contributed by atoms with van der Waals surface area (Å²) in [5.41, 5.74) is -4.46. The monoisotopic (exact) mass is 612 g/mol. The Hall–Kier alpha value is -3.00. The average molecular weight is 613 g/mol. The molecule has 0 spiro atoms. The number of benzene rings is 2. The third-order valence-corrected chi connectivity index (χ3v) is 5.76. The van der Waals surface area contributed by atoms with Crippen molar-refractivity contribution in [1.82, 2.24) is 10.6 Å². The molecule has 2 aromatic rings. The third kappa shape index (κ3) is 9.02. The van der Waals surface area contributed by atoms with Gasteiger partial charge in [0, 0.05) is 5.56 Å². The number of nitrogens with one attached hydrogen (secondary N) is 2. The summed E-state index contributed by atoms with van der Waals surface area (Å²) in [6.07, 6.45) is -15.2. The van der Waals surface area contributed by atoms with Gasteiger partial charge in [0.15, 0.2) is 0 Å². The van der Waals surface area contributed by atoms with E-state index in [0.29, 0.717) is 12.1 Å². The Bertz CT molecular complexity index is 1260. The lowest BCUT2D eigenvalue weighted by molar-refractivity contribution is -0.140. The molecule has 2 rings (SSSR count). The second kappa shape index (κ2) is 12.0. The van der Waals surface area contributed by atoms with Crippen LogP contribution in [0.5, 0.6) is 0 Å². The SMILES string of the molecule is CC(NC(=O)c1ccc(/C(F)=C/C(c2ccc(Cl)c(Cl)c2)C(F)(F)F)cc1C(F)(F)F)C(=O)NCC(F)(F)F. The van der Waals surface area contributed by atoms with Gasteiger partial charge in [-0.15, -0.1) is 0 Å². The first-order valence-electron chi connectivity index (χ1n) is 10.5. The highest BCUT2D eigenvalue weighted by atomic mass is 35.5.